The summed E-state index contributed by atoms with van der Waals surface area (Å²) >= 11 is 0. The third-order valence-corrected chi connectivity index (χ3v) is 3.91. The van der Waals surface area contributed by atoms with Gasteiger partial charge in [0.1, 0.15) is 11.6 Å². The van der Waals surface area contributed by atoms with Gasteiger partial charge in [-0.2, -0.15) is 0 Å². The van der Waals surface area contributed by atoms with Crippen molar-refractivity contribution in [3.05, 3.63) is 64.5 Å². The Hall–Kier alpha value is -1.87. The second kappa shape index (κ2) is 6.72. The molecule has 0 fully saturated rings. The highest BCUT2D eigenvalue weighted by atomic mass is 19.1. The number of methoxy groups -OCH3 is 1. The smallest absolute Gasteiger partial charge is 0.123 e. The first-order valence-electron chi connectivity index (χ1n) is 7.12. The number of ether oxygens (including phenoxy) is 1. The lowest BCUT2D eigenvalue weighted by atomic mass is 9.95. The van der Waals surface area contributed by atoms with Gasteiger partial charge in [0.25, 0.3) is 0 Å². The first-order valence-corrected chi connectivity index (χ1v) is 7.12. The Bertz CT molecular complexity index is 625. The van der Waals surface area contributed by atoms with Crippen LogP contribution >= 0.6 is 0 Å². The summed E-state index contributed by atoms with van der Waals surface area (Å²) in [5.41, 5.74) is 4.42. The highest BCUT2D eigenvalue weighted by Crippen LogP contribution is 2.26. The van der Waals surface area contributed by atoms with Gasteiger partial charge in [-0.15, -0.1) is 0 Å². The zero-order valence-electron chi connectivity index (χ0n) is 13.0. The average Bonchev–Trinajstić information content (AvgIpc) is 2.47. The molecule has 0 amide bonds. The molecule has 0 saturated carbocycles. The zero-order valence-corrected chi connectivity index (χ0v) is 13.0. The van der Waals surface area contributed by atoms with E-state index in [4.69, 9.17) is 4.74 Å². The minimum atomic E-state index is -0.186. The Kier molecular flexibility index (Phi) is 4.97. The first-order chi connectivity index (χ1) is 10.0. The topological polar surface area (TPSA) is 21.3 Å². The number of rotatable bonds is 5. The lowest BCUT2D eigenvalue weighted by Gasteiger charge is -2.19. The van der Waals surface area contributed by atoms with Crippen molar-refractivity contribution >= 4 is 0 Å². The van der Waals surface area contributed by atoms with Crippen LogP contribution in [0.5, 0.6) is 5.75 Å². The second-order valence-corrected chi connectivity index (χ2v) is 5.35. The van der Waals surface area contributed by atoms with Crippen molar-refractivity contribution in [3.63, 3.8) is 0 Å². The van der Waals surface area contributed by atoms with E-state index in [1.807, 2.05) is 27.0 Å². The van der Waals surface area contributed by atoms with Crippen molar-refractivity contribution in [3.8, 4) is 5.75 Å². The van der Waals surface area contributed by atoms with Gasteiger partial charge in [0.05, 0.1) is 7.11 Å². The van der Waals surface area contributed by atoms with Crippen molar-refractivity contribution in [1.29, 1.82) is 0 Å². The molecule has 2 nitrogen and oxygen atoms in total. The zero-order chi connectivity index (χ0) is 15.4. The molecule has 3 heteroatoms. The fourth-order valence-electron chi connectivity index (χ4n) is 2.55. The fourth-order valence-corrected chi connectivity index (χ4v) is 2.55. The van der Waals surface area contributed by atoms with Crippen molar-refractivity contribution < 1.29 is 9.13 Å². The molecule has 1 unspecified atom stereocenters. The number of nitrogens with one attached hydrogen (secondary N) is 1. The van der Waals surface area contributed by atoms with Gasteiger partial charge in [-0.25, -0.2) is 4.39 Å². The van der Waals surface area contributed by atoms with E-state index in [1.54, 1.807) is 13.2 Å². The summed E-state index contributed by atoms with van der Waals surface area (Å²) in [6.07, 6.45) is 0.814. The summed E-state index contributed by atoms with van der Waals surface area (Å²) in [4.78, 5) is 0. The summed E-state index contributed by atoms with van der Waals surface area (Å²) < 4.78 is 18.6. The summed E-state index contributed by atoms with van der Waals surface area (Å²) in [5, 5.41) is 3.33. The van der Waals surface area contributed by atoms with Gasteiger partial charge >= 0.3 is 0 Å². The molecule has 1 N–H and O–H groups in total. The second-order valence-electron chi connectivity index (χ2n) is 5.35. The van der Waals surface area contributed by atoms with Gasteiger partial charge in [-0.3, -0.25) is 0 Å². The average molecular weight is 287 g/mol. The standard InChI is InChI=1S/C18H22FNO/c1-12-5-6-15(11-18(12)21-4)17(20-3)10-14-7-8-16(19)9-13(14)2/h5-9,11,17,20H,10H2,1-4H3. The Morgan fingerprint density at radius 2 is 1.86 bits per heavy atom. The quantitative estimate of drug-likeness (QED) is 0.899. The highest BCUT2D eigenvalue weighted by molar-refractivity contribution is 5.39. The van der Waals surface area contributed by atoms with Crippen LogP contribution in [0.2, 0.25) is 0 Å². The Labute approximate surface area is 126 Å². The molecule has 0 aliphatic heterocycles. The molecule has 0 saturated heterocycles. The Balaban J connectivity index is 2.27. The number of likely N-dealkylation sites (N-methyl/N-ethyl adjacent to an activating group) is 1. The van der Waals surface area contributed by atoms with Gasteiger partial charge < -0.3 is 10.1 Å². The van der Waals surface area contributed by atoms with Gasteiger partial charge in [0.2, 0.25) is 0 Å². The minimum absolute atomic E-state index is 0.170. The van der Waals surface area contributed by atoms with E-state index in [2.05, 4.69) is 23.5 Å². The lowest BCUT2D eigenvalue weighted by Crippen LogP contribution is -2.19. The maximum Gasteiger partial charge on any atom is 0.123 e. The molecular weight excluding hydrogens is 265 g/mol. The molecule has 2 aromatic rings. The van der Waals surface area contributed by atoms with E-state index in [9.17, 15) is 4.39 Å². The van der Waals surface area contributed by atoms with Gasteiger partial charge in [0, 0.05) is 6.04 Å². The van der Waals surface area contributed by atoms with Crippen LogP contribution in [0.1, 0.15) is 28.3 Å². The molecule has 0 bridgehead atoms. The largest absolute Gasteiger partial charge is 0.496 e. The minimum Gasteiger partial charge on any atom is -0.496 e. The molecule has 1 atom stereocenters. The SMILES string of the molecule is CNC(Cc1ccc(F)cc1C)c1ccc(C)c(OC)c1. The number of hydrogen-bond donors (Lipinski definition) is 1. The summed E-state index contributed by atoms with van der Waals surface area (Å²) in [7, 11) is 3.63. The van der Waals surface area contributed by atoms with E-state index < -0.39 is 0 Å². The molecule has 0 heterocycles. The van der Waals surface area contributed by atoms with Gasteiger partial charge in [-0.05, 0) is 67.8 Å². The van der Waals surface area contributed by atoms with E-state index >= 15 is 0 Å². The molecule has 2 aromatic carbocycles. The monoisotopic (exact) mass is 287 g/mol. The van der Waals surface area contributed by atoms with Crippen LogP contribution in [0, 0.1) is 19.7 Å². The highest BCUT2D eigenvalue weighted by Gasteiger charge is 2.13. The van der Waals surface area contributed by atoms with Gasteiger partial charge in [-0.1, -0.05) is 18.2 Å². The van der Waals surface area contributed by atoms with E-state index in [0.29, 0.717) is 0 Å². The predicted molar refractivity (Wildman–Crippen MR) is 84.4 cm³/mol. The molecule has 2 rings (SSSR count). The third-order valence-electron chi connectivity index (χ3n) is 3.91. The van der Waals surface area contributed by atoms with Crippen LogP contribution in [0.3, 0.4) is 0 Å². The number of hydrogen-bond acceptors (Lipinski definition) is 2. The van der Waals surface area contributed by atoms with Crippen molar-refractivity contribution in [2.24, 2.45) is 0 Å². The van der Waals surface area contributed by atoms with Crippen LogP contribution in [0.25, 0.3) is 0 Å². The summed E-state index contributed by atoms with van der Waals surface area (Å²) in [5.74, 6) is 0.706. The fraction of sp³-hybridized carbons (Fsp3) is 0.333. The normalized spacial score (nSPS) is 12.2. The van der Waals surface area contributed by atoms with Crippen LogP contribution in [0.15, 0.2) is 36.4 Å². The summed E-state index contributed by atoms with van der Waals surface area (Å²) in [6, 6.07) is 11.4. The third kappa shape index (κ3) is 3.61. The van der Waals surface area contributed by atoms with Crippen molar-refractivity contribution in [2.75, 3.05) is 14.2 Å². The van der Waals surface area contributed by atoms with Crippen LogP contribution in [-0.2, 0) is 6.42 Å². The maximum absolute atomic E-state index is 13.2. The molecule has 0 aliphatic rings. The number of benzene rings is 2. The molecule has 21 heavy (non-hydrogen) atoms. The number of halogens is 1. The van der Waals surface area contributed by atoms with E-state index in [1.165, 1.54) is 11.6 Å². The van der Waals surface area contributed by atoms with Crippen LogP contribution in [0.4, 0.5) is 4.39 Å². The van der Waals surface area contributed by atoms with Gasteiger partial charge in [0.15, 0.2) is 0 Å². The molecule has 112 valence electrons. The lowest BCUT2D eigenvalue weighted by molar-refractivity contribution is 0.410. The Morgan fingerprint density at radius 3 is 2.48 bits per heavy atom. The van der Waals surface area contributed by atoms with Crippen molar-refractivity contribution in [1.82, 2.24) is 5.32 Å². The van der Waals surface area contributed by atoms with E-state index in [-0.39, 0.29) is 11.9 Å². The molecule has 0 radical (unpaired) electrons. The maximum atomic E-state index is 13.2. The van der Waals surface area contributed by atoms with E-state index in [0.717, 1.165) is 28.9 Å². The summed E-state index contributed by atoms with van der Waals surface area (Å²) in [6.45, 7) is 3.97. The molecule has 0 spiro atoms. The van der Waals surface area contributed by atoms with Crippen LogP contribution < -0.4 is 10.1 Å². The Morgan fingerprint density at radius 1 is 1.10 bits per heavy atom. The number of aryl methyl sites for hydroxylation is 2. The van der Waals surface area contributed by atoms with Crippen LogP contribution in [-0.4, -0.2) is 14.2 Å². The molecule has 0 aromatic heterocycles. The molecular formula is C18H22FNO. The molecule has 0 aliphatic carbocycles. The first kappa shape index (κ1) is 15.5. The van der Waals surface area contributed by atoms with Crippen molar-refractivity contribution in [2.45, 2.75) is 26.3 Å². The predicted octanol–water partition coefficient (Wildman–Crippen LogP) is 3.95.